The number of amides is 1. The zero-order valence-corrected chi connectivity index (χ0v) is 14.3. The van der Waals surface area contributed by atoms with Gasteiger partial charge in [-0.25, -0.2) is 0 Å². The van der Waals surface area contributed by atoms with Crippen LogP contribution >= 0.6 is 0 Å². The van der Waals surface area contributed by atoms with E-state index < -0.39 is 11.9 Å². The minimum absolute atomic E-state index is 0.250. The van der Waals surface area contributed by atoms with E-state index in [0.717, 1.165) is 11.1 Å². The van der Waals surface area contributed by atoms with Crippen LogP contribution in [0.4, 0.5) is 5.69 Å². The smallest absolute Gasteiger partial charge is 0.304 e. The predicted molar refractivity (Wildman–Crippen MR) is 99.5 cm³/mol. The molecule has 0 aromatic heterocycles. The van der Waals surface area contributed by atoms with Crippen LogP contribution in [0.5, 0.6) is 0 Å². The highest BCUT2D eigenvalue weighted by Crippen LogP contribution is 2.25. The number of nitrogens with one attached hydrogen (secondary N) is 1. The van der Waals surface area contributed by atoms with Gasteiger partial charge in [-0.15, -0.1) is 6.58 Å². The maximum atomic E-state index is 12.3. The van der Waals surface area contributed by atoms with Crippen molar-refractivity contribution in [3.8, 4) is 6.07 Å². The number of carboxylic acid groups (broad SMARTS) is 1. The molecule has 2 aromatic carbocycles. The Morgan fingerprint density at radius 1 is 1.12 bits per heavy atom. The quantitative estimate of drug-likeness (QED) is 0.707. The fourth-order valence-electron chi connectivity index (χ4n) is 2.69. The second-order valence-electron chi connectivity index (χ2n) is 5.90. The SMILES string of the molecule is C=CCC(CC(=O)O)C(=O)Nc1ccc(C(C#N)c2ccccc2)cc1. The normalized spacial score (nSPS) is 12.4. The summed E-state index contributed by atoms with van der Waals surface area (Å²) in [5, 5.41) is 21.1. The lowest BCUT2D eigenvalue weighted by Crippen LogP contribution is -2.24. The van der Waals surface area contributed by atoms with Crippen LogP contribution in [0, 0.1) is 17.2 Å². The fraction of sp³-hybridized carbons (Fsp3) is 0.190. The standard InChI is InChI=1S/C21H20N2O3/c1-2-6-17(13-20(24)25)21(26)23-18-11-9-16(10-12-18)19(14-22)15-7-4-3-5-8-15/h2-5,7-12,17,19H,1,6,13H2,(H,23,26)(H,24,25). The molecule has 2 unspecified atom stereocenters. The molecule has 0 bridgehead atoms. The lowest BCUT2D eigenvalue weighted by molar-refractivity contribution is -0.140. The van der Waals surface area contributed by atoms with E-state index in [1.54, 1.807) is 24.3 Å². The molecule has 0 spiro atoms. The highest BCUT2D eigenvalue weighted by atomic mass is 16.4. The van der Waals surface area contributed by atoms with E-state index in [1.807, 2.05) is 30.3 Å². The highest BCUT2D eigenvalue weighted by Gasteiger charge is 2.20. The van der Waals surface area contributed by atoms with Crippen molar-refractivity contribution < 1.29 is 14.7 Å². The maximum Gasteiger partial charge on any atom is 0.304 e. The van der Waals surface area contributed by atoms with Crippen molar-refractivity contribution in [3.63, 3.8) is 0 Å². The number of hydrogen-bond acceptors (Lipinski definition) is 3. The van der Waals surface area contributed by atoms with Gasteiger partial charge < -0.3 is 10.4 Å². The van der Waals surface area contributed by atoms with Gasteiger partial charge in [-0.1, -0.05) is 48.5 Å². The van der Waals surface area contributed by atoms with Crippen LogP contribution in [-0.2, 0) is 9.59 Å². The second kappa shape index (κ2) is 9.19. The van der Waals surface area contributed by atoms with Crippen molar-refractivity contribution in [1.29, 1.82) is 5.26 Å². The van der Waals surface area contributed by atoms with Gasteiger partial charge in [-0.05, 0) is 29.7 Å². The molecule has 0 aliphatic rings. The van der Waals surface area contributed by atoms with E-state index in [0.29, 0.717) is 12.1 Å². The number of aliphatic carboxylic acids is 1. The molecule has 2 N–H and O–H groups in total. The van der Waals surface area contributed by atoms with Crippen LogP contribution in [0.1, 0.15) is 29.9 Å². The Morgan fingerprint density at radius 3 is 2.27 bits per heavy atom. The molecule has 0 saturated carbocycles. The van der Waals surface area contributed by atoms with Gasteiger partial charge in [-0.3, -0.25) is 9.59 Å². The Kier molecular flexibility index (Phi) is 6.69. The van der Waals surface area contributed by atoms with Gasteiger partial charge in [0.15, 0.2) is 0 Å². The van der Waals surface area contributed by atoms with Crippen LogP contribution in [0.3, 0.4) is 0 Å². The summed E-state index contributed by atoms with van der Waals surface area (Å²) < 4.78 is 0. The predicted octanol–water partition coefficient (Wildman–Crippen LogP) is 3.95. The minimum Gasteiger partial charge on any atom is -0.481 e. The summed E-state index contributed by atoms with van der Waals surface area (Å²) in [6, 6.07) is 18.8. The molecule has 0 fully saturated rings. The molecule has 2 rings (SSSR count). The maximum absolute atomic E-state index is 12.3. The lowest BCUT2D eigenvalue weighted by Gasteiger charge is -2.14. The van der Waals surface area contributed by atoms with Gasteiger partial charge in [0.1, 0.15) is 0 Å². The molecule has 0 radical (unpaired) electrons. The molecule has 2 aromatic rings. The molecular weight excluding hydrogens is 328 g/mol. The summed E-state index contributed by atoms with van der Waals surface area (Å²) in [4.78, 5) is 23.1. The van der Waals surface area contributed by atoms with Crippen molar-refractivity contribution in [3.05, 3.63) is 78.4 Å². The first-order valence-electron chi connectivity index (χ1n) is 8.23. The third-order valence-electron chi connectivity index (χ3n) is 4.02. The van der Waals surface area contributed by atoms with Crippen molar-refractivity contribution in [1.82, 2.24) is 0 Å². The highest BCUT2D eigenvalue weighted by molar-refractivity contribution is 5.94. The second-order valence-corrected chi connectivity index (χ2v) is 5.90. The monoisotopic (exact) mass is 348 g/mol. The van der Waals surface area contributed by atoms with Gasteiger partial charge >= 0.3 is 5.97 Å². The number of allylic oxidation sites excluding steroid dienone is 1. The van der Waals surface area contributed by atoms with Crippen LogP contribution in [0.25, 0.3) is 0 Å². The first-order valence-corrected chi connectivity index (χ1v) is 8.23. The molecular formula is C21H20N2O3. The van der Waals surface area contributed by atoms with Crippen LogP contribution in [0.15, 0.2) is 67.3 Å². The van der Waals surface area contributed by atoms with E-state index in [2.05, 4.69) is 18.0 Å². The van der Waals surface area contributed by atoms with Gasteiger partial charge in [-0.2, -0.15) is 5.26 Å². The number of hydrogen-bond donors (Lipinski definition) is 2. The summed E-state index contributed by atoms with van der Waals surface area (Å²) in [6.07, 6.45) is 1.58. The van der Waals surface area contributed by atoms with Crippen molar-refractivity contribution in [2.75, 3.05) is 5.32 Å². The number of carbonyl (C=O) groups is 2. The third-order valence-corrected chi connectivity index (χ3v) is 4.02. The van der Waals surface area contributed by atoms with Crippen LogP contribution in [-0.4, -0.2) is 17.0 Å². The van der Waals surface area contributed by atoms with Crippen LogP contribution in [0.2, 0.25) is 0 Å². The number of rotatable bonds is 8. The van der Waals surface area contributed by atoms with Gasteiger partial charge in [0.25, 0.3) is 0 Å². The number of nitriles is 1. The fourth-order valence-corrected chi connectivity index (χ4v) is 2.69. The number of anilines is 1. The Morgan fingerprint density at radius 2 is 1.73 bits per heavy atom. The lowest BCUT2D eigenvalue weighted by atomic mass is 9.92. The summed E-state index contributed by atoms with van der Waals surface area (Å²) in [6.45, 7) is 3.56. The molecule has 132 valence electrons. The Labute approximate surface area is 152 Å². The van der Waals surface area contributed by atoms with E-state index in [4.69, 9.17) is 5.11 Å². The van der Waals surface area contributed by atoms with Gasteiger partial charge in [0.2, 0.25) is 5.91 Å². The topological polar surface area (TPSA) is 90.2 Å². The first-order chi connectivity index (χ1) is 12.5. The summed E-state index contributed by atoms with van der Waals surface area (Å²) in [5.74, 6) is -2.44. The van der Waals surface area contributed by atoms with Crippen molar-refractivity contribution in [2.45, 2.75) is 18.8 Å². The van der Waals surface area contributed by atoms with E-state index in [-0.39, 0.29) is 18.2 Å². The number of carbonyl (C=O) groups excluding carboxylic acids is 1. The molecule has 1 amide bonds. The molecule has 2 atom stereocenters. The molecule has 0 saturated heterocycles. The van der Waals surface area contributed by atoms with Gasteiger partial charge in [0, 0.05) is 5.69 Å². The molecule has 0 aliphatic heterocycles. The summed E-state index contributed by atoms with van der Waals surface area (Å²) in [5.41, 5.74) is 2.28. The molecule has 5 heteroatoms. The van der Waals surface area contributed by atoms with Gasteiger partial charge in [0.05, 0.1) is 24.3 Å². The molecule has 26 heavy (non-hydrogen) atoms. The first kappa shape index (κ1) is 18.9. The van der Waals surface area contributed by atoms with Crippen LogP contribution < -0.4 is 5.32 Å². The summed E-state index contributed by atoms with van der Waals surface area (Å²) >= 11 is 0. The van der Waals surface area contributed by atoms with Crippen molar-refractivity contribution >= 4 is 17.6 Å². The summed E-state index contributed by atoms with van der Waals surface area (Å²) in [7, 11) is 0. The molecule has 0 heterocycles. The van der Waals surface area contributed by atoms with E-state index in [1.165, 1.54) is 6.08 Å². The van der Waals surface area contributed by atoms with Crippen molar-refractivity contribution in [2.24, 2.45) is 5.92 Å². The molecule has 5 nitrogen and oxygen atoms in total. The van der Waals surface area contributed by atoms with E-state index >= 15 is 0 Å². The largest absolute Gasteiger partial charge is 0.481 e. The third kappa shape index (κ3) is 5.05. The number of carboxylic acids is 1. The Bertz CT molecular complexity index is 807. The number of benzene rings is 2. The number of nitrogens with zero attached hydrogens (tertiary/aromatic N) is 1. The minimum atomic E-state index is -1.03. The Hall–Kier alpha value is -3.39. The average molecular weight is 348 g/mol. The van der Waals surface area contributed by atoms with E-state index in [9.17, 15) is 14.9 Å². The average Bonchev–Trinajstić information content (AvgIpc) is 2.64. The molecule has 0 aliphatic carbocycles. The zero-order valence-electron chi connectivity index (χ0n) is 14.3. The Balaban J connectivity index is 2.11. The zero-order chi connectivity index (χ0) is 18.9.